The maximum Gasteiger partial charge on any atom is 0.217 e. The van der Waals surface area contributed by atoms with Gasteiger partial charge in [-0.15, -0.1) is 0 Å². The van der Waals surface area contributed by atoms with Crippen LogP contribution in [0.5, 0.6) is 5.88 Å². The Kier molecular flexibility index (Phi) is 6.62. The normalized spacial score (nSPS) is 12.2. The number of aliphatic hydroxyl groups is 1. The predicted molar refractivity (Wildman–Crippen MR) is 89.8 cm³/mol. The Bertz CT molecular complexity index is 668. The summed E-state index contributed by atoms with van der Waals surface area (Å²) in [4.78, 5) is 4.23. The average molecular weight is 357 g/mol. The molecule has 0 aliphatic rings. The second-order valence-corrected chi connectivity index (χ2v) is 5.59. The number of ether oxygens (including phenoxy) is 2. The summed E-state index contributed by atoms with van der Waals surface area (Å²) in [7, 11) is 2.94. The third-order valence-electron chi connectivity index (χ3n) is 3.29. The summed E-state index contributed by atoms with van der Waals surface area (Å²) in [5.74, 6) is 0.434. The van der Waals surface area contributed by atoms with Gasteiger partial charge < -0.3 is 19.9 Å². The summed E-state index contributed by atoms with van der Waals surface area (Å²) in [6, 6.07) is 9.04. The number of rotatable bonds is 7. The van der Waals surface area contributed by atoms with Crippen molar-refractivity contribution in [3.63, 3.8) is 0 Å². The molecule has 23 heavy (non-hydrogen) atoms. The Morgan fingerprint density at radius 2 is 1.87 bits per heavy atom. The van der Waals surface area contributed by atoms with Crippen molar-refractivity contribution in [2.45, 2.75) is 19.4 Å². The summed E-state index contributed by atoms with van der Waals surface area (Å²) in [6.45, 7) is 1.09. The predicted octanol–water partition coefficient (Wildman–Crippen LogP) is 3.32. The van der Waals surface area contributed by atoms with Gasteiger partial charge in [0.15, 0.2) is 6.29 Å². The molecule has 7 heteroatoms. The zero-order chi connectivity index (χ0) is 16.8. The van der Waals surface area contributed by atoms with E-state index in [1.807, 2.05) is 18.2 Å². The Labute approximate surface area is 145 Å². The number of hydrogen-bond donors (Lipinski definition) is 2. The van der Waals surface area contributed by atoms with Crippen molar-refractivity contribution in [3.8, 4) is 5.88 Å². The first-order chi connectivity index (χ1) is 11.1. The van der Waals surface area contributed by atoms with E-state index in [2.05, 4.69) is 10.3 Å². The van der Waals surface area contributed by atoms with Crippen molar-refractivity contribution in [1.29, 1.82) is 0 Å². The van der Waals surface area contributed by atoms with E-state index < -0.39 is 6.29 Å². The maximum atomic E-state index is 9.64. The van der Waals surface area contributed by atoms with Crippen LogP contribution in [0, 0.1) is 0 Å². The fourth-order valence-corrected chi connectivity index (χ4v) is 2.46. The SMILES string of the molecule is COc1nc(C(O)OC)ccc1CNCc1cccc(Cl)c1Cl. The Balaban J connectivity index is 2.04. The van der Waals surface area contributed by atoms with Crippen LogP contribution in [0.3, 0.4) is 0 Å². The Hall–Kier alpha value is -1.37. The number of nitrogens with zero attached hydrogens (tertiary/aromatic N) is 1. The van der Waals surface area contributed by atoms with Gasteiger partial charge in [-0.25, -0.2) is 4.98 Å². The Morgan fingerprint density at radius 1 is 1.13 bits per heavy atom. The van der Waals surface area contributed by atoms with E-state index in [1.54, 1.807) is 12.1 Å². The van der Waals surface area contributed by atoms with Crippen LogP contribution in [0.4, 0.5) is 0 Å². The van der Waals surface area contributed by atoms with Crippen LogP contribution in [-0.2, 0) is 17.8 Å². The van der Waals surface area contributed by atoms with Gasteiger partial charge in [0.2, 0.25) is 5.88 Å². The number of hydrogen-bond acceptors (Lipinski definition) is 5. The molecule has 0 spiro atoms. The van der Waals surface area contributed by atoms with Crippen molar-refractivity contribution in [2.24, 2.45) is 0 Å². The standard InChI is InChI=1S/C16H18Cl2N2O3/c1-22-15-11(6-7-13(20-15)16(21)23-2)9-19-8-10-4-3-5-12(17)14(10)18/h3-7,16,19,21H,8-9H2,1-2H3. The van der Waals surface area contributed by atoms with Crippen molar-refractivity contribution in [1.82, 2.24) is 10.3 Å². The molecule has 0 saturated heterocycles. The van der Waals surface area contributed by atoms with Crippen molar-refractivity contribution < 1.29 is 14.6 Å². The molecular weight excluding hydrogens is 339 g/mol. The highest BCUT2D eigenvalue weighted by Gasteiger charge is 2.12. The van der Waals surface area contributed by atoms with Gasteiger partial charge >= 0.3 is 0 Å². The minimum absolute atomic E-state index is 0.394. The van der Waals surface area contributed by atoms with E-state index in [9.17, 15) is 5.11 Å². The first-order valence-corrected chi connectivity index (χ1v) is 7.70. The molecule has 0 bridgehead atoms. The zero-order valence-electron chi connectivity index (χ0n) is 12.8. The molecular formula is C16H18Cl2N2O3. The summed E-state index contributed by atoms with van der Waals surface area (Å²) in [6.07, 6.45) is -1.07. The molecule has 0 amide bonds. The van der Waals surface area contributed by atoms with Crippen LogP contribution in [0.25, 0.3) is 0 Å². The second kappa shape index (κ2) is 8.47. The summed E-state index contributed by atoms with van der Waals surface area (Å²) >= 11 is 12.1. The first kappa shape index (κ1) is 18.0. The number of aromatic nitrogens is 1. The molecule has 2 N–H and O–H groups in total. The summed E-state index contributed by atoms with van der Waals surface area (Å²) < 4.78 is 10.1. The lowest BCUT2D eigenvalue weighted by Crippen LogP contribution is -2.15. The average Bonchev–Trinajstić information content (AvgIpc) is 2.58. The first-order valence-electron chi connectivity index (χ1n) is 6.95. The number of pyridine rings is 1. The molecule has 2 aromatic rings. The number of benzene rings is 1. The fraction of sp³-hybridized carbons (Fsp3) is 0.312. The highest BCUT2D eigenvalue weighted by molar-refractivity contribution is 6.42. The smallest absolute Gasteiger partial charge is 0.217 e. The quantitative estimate of drug-likeness (QED) is 0.745. The molecule has 0 radical (unpaired) electrons. The fourth-order valence-electron chi connectivity index (χ4n) is 2.07. The maximum absolute atomic E-state index is 9.64. The monoisotopic (exact) mass is 356 g/mol. The van der Waals surface area contributed by atoms with Gasteiger partial charge in [0.1, 0.15) is 5.69 Å². The van der Waals surface area contributed by atoms with E-state index in [0.29, 0.717) is 34.7 Å². The van der Waals surface area contributed by atoms with Crippen molar-refractivity contribution in [3.05, 3.63) is 57.2 Å². The molecule has 1 aromatic heterocycles. The lowest BCUT2D eigenvalue weighted by atomic mass is 10.2. The van der Waals surface area contributed by atoms with E-state index in [1.165, 1.54) is 14.2 Å². The number of methoxy groups -OCH3 is 2. The van der Waals surface area contributed by atoms with Gasteiger partial charge in [-0.2, -0.15) is 0 Å². The van der Waals surface area contributed by atoms with Crippen LogP contribution in [0.15, 0.2) is 30.3 Å². The number of halogens is 2. The topological polar surface area (TPSA) is 63.6 Å². The molecule has 0 aliphatic carbocycles. The van der Waals surface area contributed by atoms with Crippen LogP contribution in [0.1, 0.15) is 23.1 Å². The van der Waals surface area contributed by atoms with E-state index in [4.69, 9.17) is 32.7 Å². The molecule has 1 heterocycles. The third kappa shape index (κ3) is 4.56. The molecule has 0 aliphatic heterocycles. The highest BCUT2D eigenvalue weighted by Crippen LogP contribution is 2.25. The van der Waals surface area contributed by atoms with Gasteiger partial charge in [-0.1, -0.05) is 41.4 Å². The summed E-state index contributed by atoms with van der Waals surface area (Å²) in [5.41, 5.74) is 2.17. The molecule has 1 aromatic carbocycles. The third-order valence-corrected chi connectivity index (χ3v) is 4.15. The van der Waals surface area contributed by atoms with Crippen molar-refractivity contribution >= 4 is 23.2 Å². The molecule has 0 fully saturated rings. The Morgan fingerprint density at radius 3 is 2.57 bits per heavy atom. The van der Waals surface area contributed by atoms with Crippen molar-refractivity contribution in [2.75, 3.05) is 14.2 Å². The molecule has 124 valence electrons. The van der Waals surface area contributed by atoms with Gasteiger partial charge in [-0.05, 0) is 17.7 Å². The minimum atomic E-state index is -1.07. The summed E-state index contributed by atoms with van der Waals surface area (Å²) in [5, 5.41) is 14.0. The highest BCUT2D eigenvalue weighted by atomic mass is 35.5. The number of nitrogens with one attached hydrogen (secondary N) is 1. The minimum Gasteiger partial charge on any atom is -0.481 e. The van der Waals surface area contributed by atoms with E-state index >= 15 is 0 Å². The lowest BCUT2D eigenvalue weighted by Gasteiger charge is -2.13. The molecule has 1 unspecified atom stereocenters. The van der Waals surface area contributed by atoms with Crippen LogP contribution < -0.4 is 10.1 Å². The van der Waals surface area contributed by atoms with Crippen LogP contribution in [0.2, 0.25) is 10.0 Å². The van der Waals surface area contributed by atoms with Gasteiger partial charge in [-0.3, -0.25) is 0 Å². The lowest BCUT2D eigenvalue weighted by molar-refractivity contribution is -0.0801. The van der Waals surface area contributed by atoms with Gasteiger partial charge in [0, 0.05) is 25.8 Å². The van der Waals surface area contributed by atoms with Gasteiger partial charge in [0.05, 0.1) is 17.2 Å². The van der Waals surface area contributed by atoms with Gasteiger partial charge in [0.25, 0.3) is 0 Å². The van der Waals surface area contributed by atoms with Crippen LogP contribution >= 0.6 is 23.2 Å². The van der Waals surface area contributed by atoms with Crippen LogP contribution in [-0.4, -0.2) is 24.3 Å². The van der Waals surface area contributed by atoms with E-state index in [-0.39, 0.29) is 0 Å². The van der Waals surface area contributed by atoms with E-state index in [0.717, 1.165) is 11.1 Å². The largest absolute Gasteiger partial charge is 0.481 e. The molecule has 0 saturated carbocycles. The second-order valence-electron chi connectivity index (χ2n) is 4.81. The molecule has 1 atom stereocenters. The number of aliphatic hydroxyl groups excluding tert-OH is 1. The zero-order valence-corrected chi connectivity index (χ0v) is 14.4. The molecule has 5 nitrogen and oxygen atoms in total. The molecule has 2 rings (SSSR count).